The fourth-order valence-electron chi connectivity index (χ4n) is 5.80. The Balaban J connectivity index is 1.21. The van der Waals surface area contributed by atoms with Gasteiger partial charge in [-0.2, -0.15) is 5.26 Å². The second-order valence-corrected chi connectivity index (χ2v) is 9.82. The van der Waals surface area contributed by atoms with Crippen LogP contribution in [0.5, 0.6) is 0 Å². The highest BCUT2D eigenvalue weighted by atomic mass is 16.5. The molecule has 2 aliphatic heterocycles. The number of cyclic esters (lactones) is 1. The van der Waals surface area contributed by atoms with Crippen molar-refractivity contribution in [3.8, 4) is 6.07 Å². The van der Waals surface area contributed by atoms with E-state index in [2.05, 4.69) is 33.2 Å². The van der Waals surface area contributed by atoms with E-state index in [9.17, 15) is 15.2 Å². The fraction of sp³-hybridized carbons (Fsp3) is 0.560. The van der Waals surface area contributed by atoms with Gasteiger partial charge in [0.2, 0.25) is 5.95 Å². The first kappa shape index (κ1) is 22.7. The molecule has 1 saturated carbocycles. The van der Waals surface area contributed by atoms with Crippen LogP contribution in [0.2, 0.25) is 0 Å². The molecule has 0 spiro atoms. The van der Waals surface area contributed by atoms with Crippen molar-refractivity contribution in [3.05, 3.63) is 41.0 Å². The molecule has 0 amide bonds. The lowest BCUT2D eigenvalue weighted by Gasteiger charge is -2.40. The first-order valence-corrected chi connectivity index (χ1v) is 12.0. The summed E-state index contributed by atoms with van der Waals surface area (Å²) in [4.78, 5) is 27.5. The largest absolute Gasteiger partial charge is 0.465 e. The number of anilines is 2. The third kappa shape index (κ3) is 4.24. The molecule has 9 nitrogen and oxygen atoms in total. The van der Waals surface area contributed by atoms with Crippen molar-refractivity contribution in [1.82, 2.24) is 19.9 Å². The molecule has 0 aromatic carbocycles. The summed E-state index contributed by atoms with van der Waals surface area (Å²) in [5.74, 6) is 1.13. The maximum absolute atomic E-state index is 11.9. The van der Waals surface area contributed by atoms with Crippen LogP contribution in [0.3, 0.4) is 0 Å². The normalized spacial score (nSPS) is 27.3. The molecule has 2 aromatic rings. The predicted molar refractivity (Wildman–Crippen MR) is 124 cm³/mol. The second kappa shape index (κ2) is 9.28. The Morgan fingerprint density at radius 3 is 3.03 bits per heavy atom. The van der Waals surface area contributed by atoms with Crippen molar-refractivity contribution in [3.63, 3.8) is 0 Å². The number of hydrogen-bond acceptors (Lipinski definition) is 9. The molecule has 34 heavy (non-hydrogen) atoms. The van der Waals surface area contributed by atoms with E-state index in [-0.39, 0.29) is 29.6 Å². The van der Waals surface area contributed by atoms with Crippen LogP contribution < -0.4 is 5.32 Å². The van der Waals surface area contributed by atoms with Crippen LogP contribution in [0.25, 0.3) is 0 Å². The zero-order valence-electron chi connectivity index (χ0n) is 19.6. The summed E-state index contributed by atoms with van der Waals surface area (Å²) in [7, 11) is 0. The Bertz CT molecular complexity index is 1130. The molecule has 5 unspecified atom stereocenters. The summed E-state index contributed by atoms with van der Waals surface area (Å²) >= 11 is 0. The number of ether oxygens (including phenoxy) is 1. The number of nitrogens with one attached hydrogen (secondary N) is 1. The van der Waals surface area contributed by atoms with E-state index >= 15 is 0 Å². The number of carbonyl (C=O) groups is 1. The highest BCUT2D eigenvalue weighted by Gasteiger charge is 2.47. The predicted octanol–water partition coefficient (Wildman–Crippen LogP) is 2.35. The highest BCUT2D eigenvalue weighted by Crippen LogP contribution is 2.44. The van der Waals surface area contributed by atoms with E-state index in [0.717, 1.165) is 48.3 Å². The first-order valence-electron chi connectivity index (χ1n) is 12.0. The summed E-state index contributed by atoms with van der Waals surface area (Å²) in [5.41, 5.74) is 4.12. The van der Waals surface area contributed by atoms with E-state index in [4.69, 9.17) is 9.72 Å². The monoisotopic (exact) mass is 462 g/mol. The average Bonchev–Trinajstić information content (AvgIpc) is 3.22. The van der Waals surface area contributed by atoms with Crippen molar-refractivity contribution in [1.29, 1.82) is 5.26 Å². The summed E-state index contributed by atoms with van der Waals surface area (Å²) in [6.45, 7) is 6.65. The maximum Gasteiger partial charge on any atom is 0.309 e. The topological polar surface area (TPSA) is 124 Å². The number of fused-ring (bicyclic) bond motifs is 2. The van der Waals surface area contributed by atoms with Crippen molar-refractivity contribution in [2.75, 3.05) is 25.0 Å². The van der Waals surface area contributed by atoms with Gasteiger partial charge in [-0.3, -0.25) is 14.7 Å². The van der Waals surface area contributed by atoms with E-state index in [1.165, 1.54) is 0 Å². The second-order valence-electron chi connectivity index (χ2n) is 9.82. The smallest absolute Gasteiger partial charge is 0.309 e. The zero-order valence-corrected chi connectivity index (χ0v) is 19.6. The van der Waals surface area contributed by atoms with E-state index in [1.54, 1.807) is 12.4 Å². The number of nitriles is 1. The number of nitrogens with zero attached hydrogens (tertiary/aromatic N) is 5. The number of carbonyl (C=O) groups excluding carboxylic acids is 1. The van der Waals surface area contributed by atoms with Crippen molar-refractivity contribution in [2.45, 2.75) is 45.8 Å². The van der Waals surface area contributed by atoms with Gasteiger partial charge < -0.3 is 15.2 Å². The van der Waals surface area contributed by atoms with Gasteiger partial charge in [-0.15, -0.1) is 0 Å². The minimum Gasteiger partial charge on any atom is -0.465 e. The number of β-amino-alcohol motifs (C(OH)–C–C–N with tert-alkyl or cyclic N) is 1. The van der Waals surface area contributed by atoms with Gasteiger partial charge in [0.05, 0.1) is 41.8 Å². The van der Waals surface area contributed by atoms with Gasteiger partial charge >= 0.3 is 5.97 Å². The number of rotatable bonds is 5. The van der Waals surface area contributed by atoms with Crippen LogP contribution in [-0.2, 0) is 22.5 Å². The number of aliphatic hydroxyl groups excluding tert-OH is 1. The third-order valence-corrected chi connectivity index (χ3v) is 7.93. The minimum absolute atomic E-state index is 0.0159. The summed E-state index contributed by atoms with van der Waals surface area (Å²) in [6.07, 6.45) is 7.08. The van der Waals surface area contributed by atoms with Crippen LogP contribution in [0, 0.1) is 41.9 Å². The van der Waals surface area contributed by atoms with Gasteiger partial charge in [-0.1, -0.05) is 6.92 Å². The van der Waals surface area contributed by atoms with Crippen molar-refractivity contribution >= 4 is 17.6 Å². The lowest BCUT2D eigenvalue weighted by Crippen LogP contribution is -2.45. The van der Waals surface area contributed by atoms with Crippen LogP contribution in [0.1, 0.15) is 42.1 Å². The standard InChI is InChI=1S/C25H30N6O3/c1-14-16(7-26)8-27-10-22(14)30-25-28-9-17-11-31(6-5-21(17)29-25)12-23(32)18-3-4-19-20(15(18)2)13-34-24(19)33/h8-10,15,18-20,23,32H,3-6,11-13H2,1-2H3,(H,28,29,30). The van der Waals surface area contributed by atoms with Gasteiger partial charge in [0.25, 0.3) is 0 Å². The molecule has 2 fully saturated rings. The molecule has 3 aliphatic rings. The molecule has 0 bridgehead atoms. The molecule has 2 aromatic heterocycles. The molecule has 5 rings (SSSR count). The van der Waals surface area contributed by atoms with Crippen molar-refractivity contribution in [2.24, 2.45) is 23.7 Å². The summed E-state index contributed by atoms with van der Waals surface area (Å²) in [6, 6.07) is 2.14. The molecule has 4 heterocycles. The highest BCUT2D eigenvalue weighted by molar-refractivity contribution is 5.75. The number of aromatic nitrogens is 3. The van der Waals surface area contributed by atoms with Crippen LogP contribution in [0.15, 0.2) is 18.6 Å². The minimum atomic E-state index is -0.432. The van der Waals surface area contributed by atoms with Gasteiger partial charge in [0.1, 0.15) is 6.07 Å². The maximum atomic E-state index is 11.9. The molecule has 1 aliphatic carbocycles. The zero-order chi connectivity index (χ0) is 23.8. The fourth-order valence-corrected chi connectivity index (χ4v) is 5.80. The molecule has 9 heteroatoms. The lowest BCUT2D eigenvalue weighted by molar-refractivity contribution is -0.142. The number of esters is 1. The third-order valence-electron chi connectivity index (χ3n) is 7.93. The number of aliphatic hydroxyl groups is 1. The molecule has 1 saturated heterocycles. The number of hydrogen-bond donors (Lipinski definition) is 2. The molecular formula is C25H30N6O3. The average molecular weight is 463 g/mol. The van der Waals surface area contributed by atoms with Crippen LogP contribution in [-0.4, -0.2) is 56.7 Å². The SMILES string of the molecule is Cc1c(C#N)cncc1Nc1ncc2c(n1)CCN(CC(O)C1CCC3C(=O)OCC3C1C)C2. The first-order chi connectivity index (χ1) is 16.4. The Kier molecular flexibility index (Phi) is 6.19. The summed E-state index contributed by atoms with van der Waals surface area (Å²) < 4.78 is 5.28. The van der Waals surface area contributed by atoms with Gasteiger partial charge in [-0.05, 0) is 37.2 Å². The molecular weight excluding hydrogens is 432 g/mol. The van der Waals surface area contributed by atoms with Gasteiger partial charge in [-0.25, -0.2) is 9.97 Å². The molecule has 5 atom stereocenters. The van der Waals surface area contributed by atoms with Crippen LogP contribution >= 0.6 is 0 Å². The molecule has 2 N–H and O–H groups in total. The van der Waals surface area contributed by atoms with Gasteiger partial charge in [0.15, 0.2) is 0 Å². The molecule has 0 radical (unpaired) electrons. The van der Waals surface area contributed by atoms with Crippen molar-refractivity contribution < 1.29 is 14.6 Å². The van der Waals surface area contributed by atoms with Gasteiger partial charge in [0, 0.05) is 49.9 Å². The molecule has 178 valence electrons. The van der Waals surface area contributed by atoms with E-state index in [0.29, 0.717) is 31.2 Å². The Morgan fingerprint density at radius 2 is 2.21 bits per heavy atom. The Labute approximate surface area is 199 Å². The Morgan fingerprint density at radius 1 is 1.35 bits per heavy atom. The summed E-state index contributed by atoms with van der Waals surface area (Å²) in [5, 5.41) is 23.5. The van der Waals surface area contributed by atoms with E-state index in [1.807, 2.05) is 13.1 Å². The Hall–Kier alpha value is -3.09. The quantitative estimate of drug-likeness (QED) is 0.644. The lowest BCUT2D eigenvalue weighted by atomic mass is 9.66. The van der Waals surface area contributed by atoms with Crippen LogP contribution in [0.4, 0.5) is 11.6 Å². The number of pyridine rings is 1. The van der Waals surface area contributed by atoms with E-state index < -0.39 is 6.10 Å².